The normalized spacial score (nSPS) is 20.9. The van der Waals surface area contributed by atoms with Crippen LogP contribution < -0.4 is 10.1 Å². The zero-order valence-corrected chi connectivity index (χ0v) is 13.4. The molecule has 1 aliphatic rings. The van der Waals surface area contributed by atoms with Crippen molar-refractivity contribution in [3.05, 3.63) is 30.1 Å². The van der Waals surface area contributed by atoms with E-state index >= 15 is 0 Å². The smallest absolute Gasteiger partial charge is 0.162 e. The van der Waals surface area contributed by atoms with Crippen LogP contribution in [0.4, 0.5) is 4.39 Å². The molecule has 1 atom stereocenters. The average molecular weight is 329 g/mol. The van der Waals surface area contributed by atoms with Crippen LogP contribution in [0.3, 0.4) is 0 Å². The van der Waals surface area contributed by atoms with Crippen LogP contribution in [0.15, 0.2) is 24.3 Å². The zero-order chi connectivity index (χ0) is 16.9. The summed E-state index contributed by atoms with van der Waals surface area (Å²) in [6.07, 6.45) is -0.793. The number of hydrogen-bond acceptors (Lipinski definition) is 6. The molecule has 0 amide bonds. The van der Waals surface area contributed by atoms with Crippen molar-refractivity contribution in [3.8, 4) is 5.75 Å². The first-order chi connectivity index (χ1) is 10.8. The Hall–Kier alpha value is -1.25. The minimum atomic E-state index is -0.793. The van der Waals surface area contributed by atoms with Gasteiger partial charge in [0.05, 0.1) is 25.4 Å². The molecule has 3 N–H and O–H groups in total. The van der Waals surface area contributed by atoms with Gasteiger partial charge in [0.15, 0.2) is 5.79 Å². The van der Waals surface area contributed by atoms with Gasteiger partial charge in [-0.15, -0.1) is 0 Å². The Morgan fingerprint density at radius 1 is 1.26 bits per heavy atom. The molecule has 2 rings (SSSR count). The van der Waals surface area contributed by atoms with Crippen LogP contribution in [-0.2, 0) is 9.47 Å². The van der Waals surface area contributed by atoms with Crippen molar-refractivity contribution in [3.63, 3.8) is 0 Å². The summed E-state index contributed by atoms with van der Waals surface area (Å²) in [5, 5.41) is 22.6. The van der Waals surface area contributed by atoms with Gasteiger partial charge in [0, 0.05) is 6.54 Å². The monoisotopic (exact) mass is 329 g/mol. The second-order valence-electron chi connectivity index (χ2n) is 6.22. The van der Waals surface area contributed by atoms with Gasteiger partial charge in [0.25, 0.3) is 0 Å². The Kier molecular flexibility index (Phi) is 5.94. The second kappa shape index (κ2) is 7.55. The summed E-state index contributed by atoms with van der Waals surface area (Å²) in [5.74, 6) is -0.539. The van der Waals surface area contributed by atoms with E-state index in [9.17, 15) is 14.6 Å². The highest BCUT2D eigenvalue weighted by atomic mass is 19.1. The molecule has 1 fully saturated rings. The van der Waals surface area contributed by atoms with E-state index in [1.807, 2.05) is 0 Å². The summed E-state index contributed by atoms with van der Waals surface area (Å²) in [6, 6.07) is 5.57. The van der Waals surface area contributed by atoms with Crippen LogP contribution in [0.25, 0.3) is 0 Å². The summed E-state index contributed by atoms with van der Waals surface area (Å²) < 4.78 is 29.3. The van der Waals surface area contributed by atoms with Gasteiger partial charge in [0.2, 0.25) is 0 Å². The molecular formula is C16H24FNO5. The van der Waals surface area contributed by atoms with Crippen molar-refractivity contribution < 1.29 is 28.8 Å². The van der Waals surface area contributed by atoms with E-state index in [1.54, 1.807) is 13.8 Å². The van der Waals surface area contributed by atoms with E-state index in [4.69, 9.17) is 14.2 Å². The van der Waals surface area contributed by atoms with E-state index in [-0.39, 0.29) is 38.8 Å². The van der Waals surface area contributed by atoms with Crippen LogP contribution in [0.2, 0.25) is 0 Å². The fourth-order valence-electron chi connectivity index (χ4n) is 2.07. The summed E-state index contributed by atoms with van der Waals surface area (Å²) in [7, 11) is 0. The van der Waals surface area contributed by atoms with Gasteiger partial charge < -0.3 is 29.7 Å². The molecule has 1 unspecified atom stereocenters. The minimum absolute atomic E-state index is 0.0490. The summed E-state index contributed by atoms with van der Waals surface area (Å²) in [6.45, 7) is 4.25. The van der Waals surface area contributed by atoms with Gasteiger partial charge in [-0.3, -0.25) is 0 Å². The van der Waals surface area contributed by atoms with Crippen LogP contribution in [0, 0.1) is 5.82 Å². The molecular weight excluding hydrogens is 305 g/mol. The average Bonchev–Trinajstić information content (AvgIpc) is 2.54. The molecule has 1 aliphatic heterocycles. The first-order valence-electron chi connectivity index (χ1n) is 7.54. The zero-order valence-electron chi connectivity index (χ0n) is 13.4. The molecule has 1 aromatic carbocycles. The highest BCUT2D eigenvalue weighted by molar-refractivity contribution is 5.22. The van der Waals surface area contributed by atoms with E-state index in [2.05, 4.69) is 5.32 Å². The number of β-amino-alcohol motifs (C(OH)–C–C–N with tert-alkyl or cyclic N) is 1. The Morgan fingerprint density at radius 3 is 2.43 bits per heavy atom. The molecule has 1 saturated heterocycles. The van der Waals surface area contributed by atoms with Gasteiger partial charge in [-0.25, -0.2) is 4.39 Å². The Labute approximate surface area is 135 Å². The number of ether oxygens (including phenoxy) is 3. The van der Waals surface area contributed by atoms with Gasteiger partial charge in [0.1, 0.15) is 24.3 Å². The van der Waals surface area contributed by atoms with Gasteiger partial charge in [-0.05, 0) is 38.1 Å². The number of halogens is 1. The fourth-order valence-corrected chi connectivity index (χ4v) is 2.07. The third-order valence-electron chi connectivity index (χ3n) is 3.66. The number of benzene rings is 1. The maximum atomic E-state index is 12.8. The highest BCUT2D eigenvalue weighted by Gasteiger charge is 2.39. The van der Waals surface area contributed by atoms with Crippen LogP contribution in [-0.4, -0.2) is 60.6 Å². The van der Waals surface area contributed by atoms with Crippen molar-refractivity contribution in [2.24, 2.45) is 0 Å². The van der Waals surface area contributed by atoms with Gasteiger partial charge in [-0.2, -0.15) is 0 Å². The molecule has 0 bridgehead atoms. The van der Waals surface area contributed by atoms with E-state index < -0.39 is 17.4 Å². The summed E-state index contributed by atoms with van der Waals surface area (Å²) in [4.78, 5) is 0. The quantitative estimate of drug-likeness (QED) is 0.682. The number of aliphatic hydroxyl groups is 2. The van der Waals surface area contributed by atoms with Crippen LogP contribution in [0.5, 0.6) is 5.75 Å². The minimum Gasteiger partial charge on any atom is -0.491 e. The molecule has 1 heterocycles. The lowest BCUT2D eigenvalue weighted by Gasteiger charge is -2.43. The first kappa shape index (κ1) is 18.1. The lowest BCUT2D eigenvalue weighted by molar-refractivity contribution is -0.275. The maximum Gasteiger partial charge on any atom is 0.162 e. The molecule has 23 heavy (non-hydrogen) atoms. The number of aliphatic hydroxyl groups excluding tert-OH is 2. The predicted molar refractivity (Wildman–Crippen MR) is 81.7 cm³/mol. The van der Waals surface area contributed by atoms with Crippen molar-refractivity contribution >= 4 is 0 Å². The molecule has 130 valence electrons. The van der Waals surface area contributed by atoms with E-state index in [1.165, 1.54) is 24.3 Å². The molecule has 0 radical (unpaired) electrons. The lowest BCUT2D eigenvalue weighted by atomic mass is 10.0. The largest absolute Gasteiger partial charge is 0.491 e. The van der Waals surface area contributed by atoms with Crippen LogP contribution >= 0.6 is 0 Å². The SMILES string of the molecule is CC1(C)OCC(CO)(NCC(O)COc2ccc(F)cc2)CO1. The van der Waals surface area contributed by atoms with Crippen molar-refractivity contribution in [1.29, 1.82) is 0 Å². The maximum absolute atomic E-state index is 12.8. The number of hydrogen-bond donors (Lipinski definition) is 3. The lowest BCUT2D eigenvalue weighted by Crippen LogP contribution is -2.63. The Balaban J connectivity index is 1.76. The highest BCUT2D eigenvalue weighted by Crippen LogP contribution is 2.23. The second-order valence-corrected chi connectivity index (χ2v) is 6.22. The third-order valence-corrected chi connectivity index (χ3v) is 3.66. The van der Waals surface area contributed by atoms with Crippen molar-refractivity contribution in [1.82, 2.24) is 5.32 Å². The topological polar surface area (TPSA) is 80.2 Å². The molecule has 1 aromatic rings. The fraction of sp³-hybridized carbons (Fsp3) is 0.625. The number of rotatable bonds is 7. The van der Waals surface area contributed by atoms with Gasteiger partial charge >= 0.3 is 0 Å². The molecule has 0 saturated carbocycles. The predicted octanol–water partition coefficient (Wildman–Crippen LogP) is 0.669. The van der Waals surface area contributed by atoms with Crippen molar-refractivity contribution in [2.45, 2.75) is 31.3 Å². The molecule has 0 spiro atoms. The standard InChI is InChI=1S/C16H24FNO5/c1-15(2)22-10-16(9-19,11-23-15)18-7-13(20)8-21-14-5-3-12(17)4-6-14/h3-6,13,18-20H,7-11H2,1-2H3. The van der Waals surface area contributed by atoms with Gasteiger partial charge in [-0.1, -0.05) is 0 Å². The molecule has 7 heteroatoms. The van der Waals surface area contributed by atoms with E-state index in [0.717, 1.165) is 0 Å². The first-order valence-corrected chi connectivity index (χ1v) is 7.54. The Morgan fingerprint density at radius 2 is 1.87 bits per heavy atom. The Bertz CT molecular complexity index is 484. The summed E-state index contributed by atoms with van der Waals surface area (Å²) in [5.41, 5.74) is -0.744. The number of nitrogens with one attached hydrogen (secondary N) is 1. The molecule has 0 aliphatic carbocycles. The van der Waals surface area contributed by atoms with Crippen LogP contribution in [0.1, 0.15) is 13.8 Å². The summed E-state index contributed by atoms with van der Waals surface area (Å²) >= 11 is 0. The van der Waals surface area contributed by atoms with Crippen molar-refractivity contribution in [2.75, 3.05) is 33.0 Å². The van der Waals surface area contributed by atoms with E-state index in [0.29, 0.717) is 5.75 Å². The molecule has 0 aromatic heterocycles. The third kappa shape index (κ3) is 5.40. The molecule has 6 nitrogen and oxygen atoms in total.